The first-order chi connectivity index (χ1) is 8.63. The first-order valence-electron chi connectivity index (χ1n) is 5.95. The molecular weight excluding hydrogens is 244 g/mol. The Balaban J connectivity index is 2.28. The van der Waals surface area contributed by atoms with Crippen LogP contribution in [0.25, 0.3) is 0 Å². The Labute approximate surface area is 111 Å². The molecule has 1 atom stereocenters. The van der Waals surface area contributed by atoms with E-state index < -0.39 is 0 Å². The molecule has 0 radical (unpaired) electrons. The monoisotopic (exact) mass is 262 g/mol. The highest BCUT2D eigenvalue weighted by Crippen LogP contribution is 2.29. The quantitative estimate of drug-likeness (QED) is 0.842. The van der Waals surface area contributed by atoms with Gasteiger partial charge in [-0.1, -0.05) is 6.08 Å². The fourth-order valence-electron chi connectivity index (χ4n) is 1.99. The van der Waals surface area contributed by atoms with Crippen molar-refractivity contribution in [1.29, 1.82) is 0 Å². The summed E-state index contributed by atoms with van der Waals surface area (Å²) in [5.41, 5.74) is 1.10. The molecule has 4 nitrogen and oxygen atoms in total. The Morgan fingerprint density at radius 1 is 1.56 bits per heavy atom. The summed E-state index contributed by atoms with van der Waals surface area (Å²) in [4.78, 5) is 10.1. The second-order valence-electron chi connectivity index (χ2n) is 4.19. The third kappa shape index (κ3) is 2.46. The van der Waals surface area contributed by atoms with Gasteiger partial charge in [-0.25, -0.2) is 9.97 Å². The molecule has 0 aromatic carbocycles. The Morgan fingerprint density at radius 3 is 2.94 bits per heavy atom. The SMILES string of the molecule is C=CCNc1nccn1C(C)c1sc(C)nc1C. The molecule has 0 saturated carbocycles. The lowest BCUT2D eigenvalue weighted by Gasteiger charge is -2.15. The van der Waals surface area contributed by atoms with Gasteiger partial charge in [-0.15, -0.1) is 17.9 Å². The van der Waals surface area contributed by atoms with Crippen molar-refractivity contribution in [1.82, 2.24) is 14.5 Å². The van der Waals surface area contributed by atoms with Gasteiger partial charge in [0.25, 0.3) is 0 Å². The lowest BCUT2D eigenvalue weighted by molar-refractivity contribution is 0.650. The van der Waals surface area contributed by atoms with Gasteiger partial charge in [-0.05, 0) is 20.8 Å². The van der Waals surface area contributed by atoms with E-state index in [0.717, 1.165) is 16.6 Å². The fourth-order valence-corrected chi connectivity index (χ4v) is 2.97. The van der Waals surface area contributed by atoms with Gasteiger partial charge < -0.3 is 9.88 Å². The van der Waals surface area contributed by atoms with Gasteiger partial charge in [0.1, 0.15) is 0 Å². The number of anilines is 1. The minimum atomic E-state index is 0.242. The van der Waals surface area contributed by atoms with Gasteiger partial charge in [0, 0.05) is 18.9 Å². The van der Waals surface area contributed by atoms with Crippen molar-refractivity contribution in [2.75, 3.05) is 11.9 Å². The molecule has 96 valence electrons. The van der Waals surface area contributed by atoms with E-state index in [0.29, 0.717) is 6.54 Å². The maximum Gasteiger partial charge on any atom is 0.203 e. The largest absolute Gasteiger partial charge is 0.352 e. The maximum atomic E-state index is 4.48. The molecule has 0 spiro atoms. The smallest absolute Gasteiger partial charge is 0.203 e. The van der Waals surface area contributed by atoms with Gasteiger partial charge in [0.2, 0.25) is 5.95 Å². The molecule has 2 rings (SSSR count). The lowest BCUT2D eigenvalue weighted by atomic mass is 10.2. The topological polar surface area (TPSA) is 42.7 Å². The molecule has 0 fully saturated rings. The number of thiazole rings is 1. The fraction of sp³-hybridized carbons (Fsp3) is 0.385. The highest BCUT2D eigenvalue weighted by atomic mass is 32.1. The van der Waals surface area contributed by atoms with Crippen molar-refractivity contribution >= 4 is 17.3 Å². The van der Waals surface area contributed by atoms with Gasteiger partial charge in [-0.3, -0.25) is 0 Å². The van der Waals surface area contributed by atoms with E-state index in [2.05, 4.69) is 40.3 Å². The van der Waals surface area contributed by atoms with Crippen LogP contribution in [0.2, 0.25) is 0 Å². The Hall–Kier alpha value is -1.62. The van der Waals surface area contributed by atoms with E-state index in [1.165, 1.54) is 4.88 Å². The standard InChI is InChI=1S/C13H18N4S/c1-5-6-14-13-15-7-8-17(13)10(3)12-9(2)16-11(4)18-12/h5,7-8,10H,1,6H2,2-4H3,(H,14,15). The van der Waals surface area contributed by atoms with Crippen LogP contribution in [0.15, 0.2) is 25.0 Å². The molecule has 0 aliphatic heterocycles. The number of imidazole rings is 1. The second-order valence-corrected chi connectivity index (χ2v) is 5.42. The summed E-state index contributed by atoms with van der Waals surface area (Å²) < 4.78 is 2.13. The number of aryl methyl sites for hydroxylation is 2. The molecular formula is C13H18N4S. The third-order valence-corrected chi connectivity index (χ3v) is 4.05. The maximum absolute atomic E-state index is 4.48. The van der Waals surface area contributed by atoms with Gasteiger partial charge in [0.05, 0.1) is 21.6 Å². The Kier molecular flexibility index (Phi) is 3.81. The van der Waals surface area contributed by atoms with Crippen LogP contribution in [0.3, 0.4) is 0 Å². The molecule has 1 N–H and O–H groups in total. The minimum Gasteiger partial charge on any atom is -0.352 e. The van der Waals surface area contributed by atoms with E-state index in [4.69, 9.17) is 0 Å². The van der Waals surface area contributed by atoms with E-state index in [1.54, 1.807) is 11.3 Å². The predicted molar refractivity (Wildman–Crippen MR) is 76.3 cm³/mol. The van der Waals surface area contributed by atoms with E-state index in [9.17, 15) is 0 Å². The molecule has 5 heteroatoms. The molecule has 0 bridgehead atoms. The molecule has 2 aromatic rings. The van der Waals surface area contributed by atoms with Crippen LogP contribution in [0.5, 0.6) is 0 Å². The summed E-state index contributed by atoms with van der Waals surface area (Å²) >= 11 is 1.75. The second kappa shape index (κ2) is 5.35. The van der Waals surface area contributed by atoms with E-state index >= 15 is 0 Å². The van der Waals surface area contributed by atoms with Gasteiger partial charge in [0.15, 0.2) is 0 Å². The molecule has 0 aliphatic carbocycles. The van der Waals surface area contributed by atoms with Crippen LogP contribution in [-0.4, -0.2) is 21.1 Å². The highest BCUT2D eigenvalue weighted by Gasteiger charge is 2.16. The van der Waals surface area contributed by atoms with E-state index in [1.807, 2.05) is 25.4 Å². The summed E-state index contributed by atoms with van der Waals surface area (Å²) in [6, 6.07) is 0.242. The molecule has 0 aliphatic rings. The number of aromatic nitrogens is 3. The minimum absolute atomic E-state index is 0.242. The number of nitrogens with zero attached hydrogens (tertiary/aromatic N) is 3. The predicted octanol–water partition coefficient (Wildman–Crippen LogP) is 3.16. The molecule has 0 amide bonds. The Bertz CT molecular complexity index is 541. The highest BCUT2D eigenvalue weighted by molar-refractivity contribution is 7.11. The van der Waals surface area contributed by atoms with Crippen LogP contribution in [0.4, 0.5) is 5.95 Å². The van der Waals surface area contributed by atoms with Gasteiger partial charge in [-0.2, -0.15) is 0 Å². The molecule has 0 saturated heterocycles. The molecule has 18 heavy (non-hydrogen) atoms. The lowest BCUT2D eigenvalue weighted by Crippen LogP contribution is -2.11. The van der Waals surface area contributed by atoms with Crippen molar-refractivity contribution < 1.29 is 0 Å². The van der Waals surface area contributed by atoms with Crippen molar-refractivity contribution in [3.8, 4) is 0 Å². The van der Waals surface area contributed by atoms with E-state index in [-0.39, 0.29) is 6.04 Å². The van der Waals surface area contributed by atoms with Crippen LogP contribution in [0.1, 0.15) is 28.5 Å². The summed E-state index contributed by atoms with van der Waals surface area (Å²) in [6.07, 6.45) is 5.63. The van der Waals surface area contributed by atoms with Crippen LogP contribution in [0, 0.1) is 13.8 Å². The number of rotatable bonds is 5. The van der Waals surface area contributed by atoms with Crippen molar-refractivity contribution in [2.45, 2.75) is 26.8 Å². The number of hydrogen-bond acceptors (Lipinski definition) is 4. The van der Waals surface area contributed by atoms with Crippen molar-refractivity contribution in [3.63, 3.8) is 0 Å². The Morgan fingerprint density at radius 2 is 2.33 bits per heavy atom. The van der Waals surface area contributed by atoms with Crippen LogP contribution < -0.4 is 5.32 Å². The zero-order chi connectivity index (χ0) is 13.1. The number of hydrogen-bond donors (Lipinski definition) is 1. The molecule has 2 heterocycles. The van der Waals surface area contributed by atoms with Crippen LogP contribution >= 0.6 is 11.3 Å². The first kappa shape index (κ1) is 12.8. The average Bonchev–Trinajstić information content (AvgIpc) is 2.92. The van der Waals surface area contributed by atoms with Crippen molar-refractivity contribution in [3.05, 3.63) is 40.6 Å². The summed E-state index contributed by atoms with van der Waals surface area (Å²) in [5.74, 6) is 0.868. The molecule has 2 aromatic heterocycles. The zero-order valence-electron chi connectivity index (χ0n) is 11.0. The molecule has 1 unspecified atom stereocenters. The van der Waals surface area contributed by atoms with Gasteiger partial charge >= 0.3 is 0 Å². The number of nitrogens with one attached hydrogen (secondary N) is 1. The summed E-state index contributed by atoms with van der Waals surface area (Å²) in [7, 11) is 0. The average molecular weight is 262 g/mol. The first-order valence-corrected chi connectivity index (χ1v) is 6.76. The van der Waals surface area contributed by atoms with Crippen molar-refractivity contribution in [2.24, 2.45) is 0 Å². The summed E-state index contributed by atoms with van der Waals surface area (Å²) in [6.45, 7) is 10.7. The van der Waals surface area contributed by atoms with Crippen LogP contribution in [-0.2, 0) is 0 Å². The normalized spacial score (nSPS) is 12.4. The summed E-state index contributed by atoms with van der Waals surface area (Å²) in [5, 5.41) is 4.34. The third-order valence-electron chi connectivity index (χ3n) is 2.81. The zero-order valence-corrected chi connectivity index (χ0v) is 11.8.